The van der Waals surface area contributed by atoms with Crippen LogP contribution in [0.15, 0.2) is 15.3 Å². The van der Waals surface area contributed by atoms with Crippen LogP contribution in [-0.4, -0.2) is 5.84 Å². The van der Waals surface area contributed by atoms with Crippen LogP contribution in [0.25, 0.3) is 0 Å². The van der Waals surface area contributed by atoms with E-state index in [-0.39, 0.29) is 0 Å². The van der Waals surface area contributed by atoms with Gasteiger partial charge in [0, 0.05) is 0 Å². The molecule has 202 valence electrons. The largest absolute Gasteiger partial charge is 0.270 e. The lowest BCUT2D eigenvalue weighted by Crippen LogP contribution is -2.14. The molecule has 0 atom stereocenters. The summed E-state index contributed by atoms with van der Waals surface area (Å²) in [6.07, 6.45) is 0. The van der Waals surface area contributed by atoms with Crippen LogP contribution < -0.4 is 5.43 Å². The van der Waals surface area contributed by atoms with Crippen LogP contribution in [-0.2, 0) is 0 Å². The maximum absolute atomic E-state index is 14.2. The highest BCUT2D eigenvalue weighted by Crippen LogP contribution is 2.31. The van der Waals surface area contributed by atoms with Crippen molar-refractivity contribution in [2.24, 2.45) is 15.3 Å². The van der Waals surface area contributed by atoms with E-state index in [0.29, 0.717) is 0 Å². The van der Waals surface area contributed by atoms with Crippen molar-refractivity contribution >= 4 is 17.2 Å². The van der Waals surface area contributed by atoms with Crippen molar-refractivity contribution in [1.82, 2.24) is 0 Å². The molecule has 3 rings (SSSR count). The van der Waals surface area contributed by atoms with Gasteiger partial charge in [0.05, 0.1) is 0 Å². The van der Waals surface area contributed by atoms with Crippen molar-refractivity contribution in [1.29, 1.82) is 0 Å². The lowest BCUT2D eigenvalue weighted by atomic mass is 10.1. The molecule has 0 aromatic heterocycles. The Balaban J connectivity index is 2.31. The maximum Gasteiger partial charge on any atom is 0.207 e. The molecule has 0 saturated carbocycles. The molecule has 0 unspecified atom stereocenters. The predicted molar refractivity (Wildman–Crippen MR) is 93.4 cm³/mol. The smallest absolute Gasteiger partial charge is 0.207 e. The summed E-state index contributed by atoms with van der Waals surface area (Å²) >= 11 is 0. The number of hydrogen-bond acceptors (Lipinski definition) is 3. The minimum Gasteiger partial charge on any atom is -0.270 e. The van der Waals surface area contributed by atoms with E-state index < -0.39 is 110 Å². The third-order valence-corrected chi connectivity index (χ3v) is 4.35. The van der Waals surface area contributed by atoms with Gasteiger partial charge in [-0.25, -0.2) is 65.9 Å². The van der Waals surface area contributed by atoms with Crippen LogP contribution in [0.2, 0.25) is 0 Å². The van der Waals surface area contributed by atoms with E-state index in [1.807, 2.05) is 0 Å². The Labute approximate surface area is 197 Å². The molecule has 0 amide bonds. The molecule has 0 aliphatic rings. The highest BCUT2D eigenvalue weighted by Gasteiger charge is 2.31. The van der Waals surface area contributed by atoms with Gasteiger partial charge in [-0.1, -0.05) is 0 Å². The summed E-state index contributed by atoms with van der Waals surface area (Å²) < 4.78 is 204. The second kappa shape index (κ2) is 10.2. The number of hydrogen-bond donors (Lipinski definition) is 1. The number of amidine groups is 1. The van der Waals surface area contributed by atoms with E-state index in [1.165, 1.54) is 0 Å². The van der Waals surface area contributed by atoms with Gasteiger partial charge >= 0.3 is 0 Å². The van der Waals surface area contributed by atoms with Crippen LogP contribution in [0.1, 0.15) is 5.56 Å². The van der Waals surface area contributed by atoms with Gasteiger partial charge in [-0.3, -0.25) is 5.43 Å². The van der Waals surface area contributed by atoms with Crippen LogP contribution in [0, 0.1) is 87.3 Å². The zero-order valence-corrected chi connectivity index (χ0v) is 17.0. The van der Waals surface area contributed by atoms with Crippen molar-refractivity contribution in [3.63, 3.8) is 0 Å². The summed E-state index contributed by atoms with van der Waals surface area (Å²) in [5.41, 5.74) is -5.64. The van der Waals surface area contributed by atoms with Gasteiger partial charge < -0.3 is 0 Å². The molecule has 0 aliphatic heterocycles. The third kappa shape index (κ3) is 4.47. The van der Waals surface area contributed by atoms with Gasteiger partial charge in [-0.2, -0.15) is 5.10 Å². The lowest BCUT2D eigenvalue weighted by molar-refractivity contribution is 0.376. The number of rotatable bonds is 4. The molecular formula is C19HF15N4. The van der Waals surface area contributed by atoms with E-state index in [0.717, 1.165) is 5.43 Å². The molecule has 0 fully saturated rings. The van der Waals surface area contributed by atoms with Crippen LogP contribution >= 0.6 is 0 Å². The van der Waals surface area contributed by atoms with E-state index in [9.17, 15) is 65.9 Å². The number of nitrogens with zero attached hydrogens (tertiary/aromatic N) is 3. The number of nitrogens with one attached hydrogen (secondary N) is 1. The Bertz CT molecular complexity index is 1460. The second-order valence-corrected chi connectivity index (χ2v) is 6.56. The van der Waals surface area contributed by atoms with E-state index in [1.54, 1.807) is 0 Å². The molecule has 0 radical (unpaired) electrons. The number of halogens is 15. The average molecular weight is 570 g/mol. The molecule has 0 heterocycles. The lowest BCUT2D eigenvalue weighted by Gasteiger charge is -2.10. The molecule has 4 nitrogen and oxygen atoms in total. The van der Waals surface area contributed by atoms with Gasteiger partial charge in [0.1, 0.15) is 11.3 Å². The fourth-order valence-electron chi connectivity index (χ4n) is 2.52. The van der Waals surface area contributed by atoms with Gasteiger partial charge in [0.15, 0.2) is 75.5 Å². The first-order valence-corrected chi connectivity index (χ1v) is 8.93. The normalized spacial score (nSPS) is 12.1. The summed E-state index contributed by atoms with van der Waals surface area (Å²) in [5, 5.41) is 7.50. The molecular weight excluding hydrogens is 569 g/mol. The first-order valence-electron chi connectivity index (χ1n) is 8.93. The average Bonchev–Trinajstić information content (AvgIpc) is 2.90. The standard InChI is InChI=1S/C19HF15N4/c20-2-1(3(21)5(23)6(24)4(2)22)19(37-35-17-13(31)9(27)7(25)10(28)14(17)32)38-36-18-15(33)11(29)8(26)12(30)16(18)34/h35H/b37-19-,38-36?. The fourth-order valence-corrected chi connectivity index (χ4v) is 2.52. The molecule has 0 spiro atoms. The maximum atomic E-state index is 14.2. The van der Waals surface area contributed by atoms with Gasteiger partial charge in [0.2, 0.25) is 23.3 Å². The van der Waals surface area contributed by atoms with Crippen molar-refractivity contribution in [2.75, 3.05) is 5.43 Å². The Morgan fingerprint density at radius 2 is 0.711 bits per heavy atom. The molecule has 0 saturated heterocycles. The minimum absolute atomic E-state index is 0.964. The van der Waals surface area contributed by atoms with Gasteiger partial charge in [-0.05, 0) is 0 Å². The minimum atomic E-state index is -2.81. The monoisotopic (exact) mass is 570 g/mol. The number of benzene rings is 3. The molecule has 1 N–H and O–H groups in total. The Morgan fingerprint density at radius 3 is 1.11 bits per heavy atom. The van der Waals surface area contributed by atoms with E-state index >= 15 is 0 Å². The molecule has 0 bridgehead atoms. The topological polar surface area (TPSA) is 49.1 Å². The van der Waals surface area contributed by atoms with Gasteiger partial charge in [-0.15, -0.1) is 10.2 Å². The van der Waals surface area contributed by atoms with Crippen LogP contribution in [0.4, 0.5) is 77.2 Å². The molecule has 3 aromatic rings. The Morgan fingerprint density at radius 1 is 0.395 bits per heavy atom. The Hall–Kier alpha value is -4.32. The predicted octanol–water partition coefficient (Wildman–Crippen LogP) is 7.33. The van der Waals surface area contributed by atoms with E-state index in [2.05, 4.69) is 15.3 Å². The fraction of sp³-hybridized carbons (Fsp3) is 0. The molecule has 0 aliphatic carbocycles. The zero-order chi connectivity index (χ0) is 28.8. The summed E-state index contributed by atoms with van der Waals surface area (Å²) in [6.45, 7) is 0. The SMILES string of the molecule is Fc1c(F)c(F)c(N=N/C(=N\Nc2c(F)c(F)c(F)c(F)c2F)c2c(F)c(F)c(F)c(F)c2F)c(F)c1F. The summed E-state index contributed by atoms with van der Waals surface area (Å²) in [5.74, 6) is -42.8. The van der Waals surface area contributed by atoms with Gasteiger partial charge in [0.25, 0.3) is 0 Å². The number of azo groups is 1. The first-order chi connectivity index (χ1) is 17.6. The highest BCUT2D eigenvalue weighted by molar-refractivity contribution is 6.00. The van der Waals surface area contributed by atoms with Crippen molar-refractivity contribution in [3.8, 4) is 0 Å². The number of hydrazone groups is 1. The third-order valence-electron chi connectivity index (χ3n) is 4.35. The molecule has 19 heteroatoms. The second-order valence-electron chi connectivity index (χ2n) is 6.56. The zero-order valence-electron chi connectivity index (χ0n) is 17.0. The van der Waals surface area contributed by atoms with Crippen LogP contribution in [0.5, 0.6) is 0 Å². The highest BCUT2D eigenvalue weighted by atomic mass is 19.2. The summed E-state index contributed by atoms with van der Waals surface area (Å²) in [4.78, 5) is 0. The molecule has 38 heavy (non-hydrogen) atoms. The first kappa shape index (κ1) is 28.3. The van der Waals surface area contributed by atoms with Crippen molar-refractivity contribution in [2.45, 2.75) is 0 Å². The van der Waals surface area contributed by atoms with Crippen molar-refractivity contribution < 1.29 is 65.9 Å². The summed E-state index contributed by atoms with van der Waals surface area (Å²) in [7, 11) is 0. The number of anilines is 1. The quantitative estimate of drug-likeness (QED) is 0.0668. The van der Waals surface area contributed by atoms with E-state index in [4.69, 9.17) is 0 Å². The van der Waals surface area contributed by atoms with Crippen LogP contribution in [0.3, 0.4) is 0 Å². The summed E-state index contributed by atoms with van der Waals surface area (Å²) in [6, 6.07) is 0. The Kier molecular flexibility index (Phi) is 7.59. The van der Waals surface area contributed by atoms with Crippen molar-refractivity contribution in [3.05, 3.63) is 92.8 Å². The molecule has 3 aromatic carbocycles.